The summed E-state index contributed by atoms with van der Waals surface area (Å²) in [6, 6.07) is 18.4. The largest absolute Gasteiger partial charge is 0.416 e. The summed E-state index contributed by atoms with van der Waals surface area (Å²) in [6.45, 7) is -0.0687. The van der Waals surface area contributed by atoms with E-state index in [0.29, 0.717) is 23.3 Å². The monoisotopic (exact) mass is 573 g/mol. The highest BCUT2D eigenvalue weighted by Gasteiger charge is 2.39. The Balaban J connectivity index is 1.58. The van der Waals surface area contributed by atoms with E-state index in [1.54, 1.807) is 35.2 Å². The Kier molecular flexibility index (Phi) is 8.42. The molecule has 41 heavy (non-hydrogen) atoms. The second kappa shape index (κ2) is 11.6. The first-order valence-corrected chi connectivity index (χ1v) is 12.7. The molecule has 5 nitrogen and oxygen atoms in total. The SMILES string of the molecule is CN(Cc1cc(C(F)(F)F)cc(C(F)(F)F)c1)C(=O)C1CCN(C(=O)c2ccc(C#N)cc2)CC1c1ccccc1. The second-order valence-electron chi connectivity index (χ2n) is 9.96. The van der Waals surface area contributed by atoms with Crippen molar-refractivity contribution in [2.45, 2.75) is 31.2 Å². The van der Waals surface area contributed by atoms with Crippen LogP contribution in [-0.4, -0.2) is 41.8 Å². The molecule has 1 fully saturated rings. The summed E-state index contributed by atoms with van der Waals surface area (Å²) in [7, 11) is 1.34. The molecule has 2 unspecified atom stereocenters. The highest BCUT2D eigenvalue weighted by Crippen LogP contribution is 2.38. The van der Waals surface area contributed by atoms with E-state index in [4.69, 9.17) is 5.26 Å². The van der Waals surface area contributed by atoms with Crippen LogP contribution in [-0.2, 0) is 23.7 Å². The van der Waals surface area contributed by atoms with Gasteiger partial charge in [0.2, 0.25) is 5.91 Å². The molecule has 0 aromatic heterocycles. The number of amides is 2. The van der Waals surface area contributed by atoms with Gasteiger partial charge in [-0.15, -0.1) is 0 Å². The molecule has 1 heterocycles. The summed E-state index contributed by atoms with van der Waals surface area (Å²) in [4.78, 5) is 29.6. The maximum absolute atomic E-state index is 13.6. The van der Waals surface area contributed by atoms with E-state index in [1.807, 2.05) is 18.2 Å². The Morgan fingerprint density at radius 1 is 0.927 bits per heavy atom. The lowest BCUT2D eigenvalue weighted by Crippen LogP contribution is -2.47. The van der Waals surface area contributed by atoms with Crippen molar-refractivity contribution in [2.75, 3.05) is 20.1 Å². The number of hydrogen-bond acceptors (Lipinski definition) is 3. The first kappa shape index (κ1) is 29.6. The lowest BCUT2D eigenvalue weighted by molar-refractivity contribution is -0.143. The Bertz CT molecular complexity index is 1410. The number of carbonyl (C=O) groups excluding carboxylic acids is 2. The number of hydrogen-bond donors (Lipinski definition) is 0. The van der Waals surface area contributed by atoms with Crippen LogP contribution in [0.3, 0.4) is 0 Å². The summed E-state index contributed by atoms with van der Waals surface area (Å²) in [5.41, 5.74) is -1.63. The smallest absolute Gasteiger partial charge is 0.341 e. The Hall–Kier alpha value is -4.33. The fourth-order valence-electron chi connectivity index (χ4n) is 5.09. The lowest BCUT2D eigenvalue weighted by Gasteiger charge is -2.39. The highest BCUT2D eigenvalue weighted by molar-refractivity contribution is 5.94. The summed E-state index contributed by atoms with van der Waals surface area (Å²) in [5.74, 6) is -1.86. The number of likely N-dealkylation sites (tertiary alicyclic amines) is 1. The van der Waals surface area contributed by atoms with Crippen LogP contribution < -0.4 is 0 Å². The number of alkyl halides is 6. The molecule has 0 N–H and O–H groups in total. The van der Waals surface area contributed by atoms with Crippen LogP contribution >= 0.6 is 0 Å². The number of rotatable bonds is 5. The molecule has 3 aromatic rings. The average molecular weight is 574 g/mol. The van der Waals surface area contributed by atoms with Crippen molar-refractivity contribution in [2.24, 2.45) is 5.92 Å². The molecule has 1 saturated heterocycles. The average Bonchev–Trinajstić information content (AvgIpc) is 2.95. The van der Waals surface area contributed by atoms with Crippen molar-refractivity contribution >= 4 is 11.8 Å². The van der Waals surface area contributed by atoms with Crippen LogP contribution in [0, 0.1) is 17.2 Å². The molecule has 11 heteroatoms. The summed E-state index contributed by atoms with van der Waals surface area (Å²) in [6.07, 6.45) is -9.75. The van der Waals surface area contributed by atoms with Crippen LogP contribution in [0.2, 0.25) is 0 Å². The maximum Gasteiger partial charge on any atom is 0.416 e. The van der Waals surface area contributed by atoms with Gasteiger partial charge in [0.25, 0.3) is 5.91 Å². The van der Waals surface area contributed by atoms with Crippen LogP contribution in [0.4, 0.5) is 26.3 Å². The van der Waals surface area contributed by atoms with Gasteiger partial charge in [0.1, 0.15) is 0 Å². The number of nitriles is 1. The number of benzene rings is 3. The number of halogens is 6. The predicted molar refractivity (Wildman–Crippen MR) is 137 cm³/mol. The van der Waals surface area contributed by atoms with Crippen molar-refractivity contribution in [1.29, 1.82) is 5.26 Å². The third-order valence-electron chi connectivity index (χ3n) is 7.15. The first-order valence-electron chi connectivity index (χ1n) is 12.7. The fraction of sp³-hybridized carbons (Fsp3) is 0.300. The third-order valence-corrected chi connectivity index (χ3v) is 7.15. The Morgan fingerprint density at radius 2 is 1.51 bits per heavy atom. The topological polar surface area (TPSA) is 64.4 Å². The summed E-state index contributed by atoms with van der Waals surface area (Å²) in [5, 5.41) is 9.01. The van der Waals surface area contributed by atoms with Crippen molar-refractivity contribution in [3.8, 4) is 6.07 Å². The van der Waals surface area contributed by atoms with Crippen LogP contribution in [0.25, 0.3) is 0 Å². The van der Waals surface area contributed by atoms with Crippen molar-refractivity contribution < 1.29 is 35.9 Å². The fourth-order valence-corrected chi connectivity index (χ4v) is 5.09. The van der Waals surface area contributed by atoms with Crippen LogP contribution in [0.15, 0.2) is 72.8 Å². The van der Waals surface area contributed by atoms with Gasteiger partial charge in [0.15, 0.2) is 0 Å². The van der Waals surface area contributed by atoms with Gasteiger partial charge in [-0.2, -0.15) is 31.6 Å². The van der Waals surface area contributed by atoms with Gasteiger partial charge >= 0.3 is 12.4 Å². The zero-order valence-electron chi connectivity index (χ0n) is 21.8. The third kappa shape index (κ3) is 6.88. The van der Waals surface area contributed by atoms with Crippen molar-refractivity contribution in [3.63, 3.8) is 0 Å². The van der Waals surface area contributed by atoms with Gasteiger partial charge in [0.05, 0.1) is 22.8 Å². The molecule has 0 spiro atoms. The van der Waals surface area contributed by atoms with E-state index >= 15 is 0 Å². The predicted octanol–water partition coefficient (Wildman–Crippen LogP) is 6.50. The van der Waals surface area contributed by atoms with Gasteiger partial charge in [-0.25, -0.2) is 0 Å². The maximum atomic E-state index is 13.6. The minimum absolute atomic E-state index is 0.0529. The van der Waals surface area contributed by atoms with Gasteiger partial charge in [-0.1, -0.05) is 30.3 Å². The van der Waals surface area contributed by atoms with E-state index in [-0.39, 0.29) is 37.0 Å². The zero-order chi connectivity index (χ0) is 29.9. The van der Waals surface area contributed by atoms with E-state index < -0.39 is 47.8 Å². The van der Waals surface area contributed by atoms with E-state index in [1.165, 1.54) is 19.2 Å². The molecule has 214 valence electrons. The zero-order valence-corrected chi connectivity index (χ0v) is 21.8. The molecule has 1 aliphatic heterocycles. The highest BCUT2D eigenvalue weighted by atomic mass is 19.4. The molecule has 2 atom stereocenters. The molecule has 0 radical (unpaired) electrons. The molecule has 1 aliphatic rings. The second-order valence-corrected chi connectivity index (χ2v) is 9.96. The van der Waals surface area contributed by atoms with Gasteiger partial charge in [-0.3, -0.25) is 9.59 Å². The Labute approximate surface area is 232 Å². The van der Waals surface area contributed by atoms with E-state index in [2.05, 4.69) is 0 Å². The van der Waals surface area contributed by atoms with Crippen molar-refractivity contribution in [3.05, 3.63) is 106 Å². The molecule has 0 saturated carbocycles. The molecule has 2 amide bonds. The summed E-state index contributed by atoms with van der Waals surface area (Å²) < 4.78 is 80.0. The summed E-state index contributed by atoms with van der Waals surface area (Å²) >= 11 is 0. The molecule has 0 aliphatic carbocycles. The van der Waals surface area contributed by atoms with Crippen LogP contribution in [0.1, 0.15) is 50.5 Å². The van der Waals surface area contributed by atoms with Gasteiger partial charge < -0.3 is 9.80 Å². The minimum atomic E-state index is -4.99. The quantitative estimate of drug-likeness (QED) is 0.328. The molecule has 3 aromatic carbocycles. The molecule has 0 bridgehead atoms. The molecular weight excluding hydrogens is 548 g/mol. The van der Waals surface area contributed by atoms with E-state index in [9.17, 15) is 35.9 Å². The van der Waals surface area contributed by atoms with Crippen LogP contribution in [0.5, 0.6) is 0 Å². The molecular formula is C30H25F6N3O2. The van der Waals surface area contributed by atoms with E-state index in [0.717, 1.165) is 10.5 Å². The van der Waals surface area contributed by atoms with Crippen molar-refractivity contribution in [1.82, 2.24) is 9.80 Å². The normalized spacial score (nSPS) is 17.6. The standard InChI is InChI=1S/C30H25F6N3O2/c1-38(17-20-13-23(29(31,32)33)15-24(14-20)30(34,35)36)28(41)25-11-12-39(18-26(25)21-5-3-2-4-6-21)27(40)22-9-7-19(16-37)8-10-22/h2-10,13-15,25-26H,11-12,17-18H2,1H3. The first-order chi connectivity index (χ1) is 19.3. The van der Waals surface area contributed by atoms with Gasteiger partial charge in [0, 0.05) is 44.1 Å². The van der Waals surface area contributed by atoms with Gasteiger partial charge in [-0.05, 0) is 60.0 Å². The number of carbonyl (C=O) groups is 2. The minimum Gasteiger partial charge on any atom is -0.341 e. The Morgan fingerprint density at radius 3 is 2.05 bits per heavy atom. The molecule has 4 rings (SSSR count). The number of nitrogens with zero attached hydrogens (tertiary/aromatic N) is 3. The lowest BCUT2D eigenvalue weighted by atomic mass is 9.79. The number of piperidine rings is 1.